The fourth-order valence-corrected chi connectivity index (χ4v) is 2.24. The molecule has 112 valence electrons. The number of unbranched alkanes of at least 4 members (excludes halogenated alkanes) is 1. The van der Waals surface area contributed by atoms with Crippen molar-refractivity contribution in [1.82, 2.24) is 5.32 Å². The first-order chi connectivity index (χ1) is 8.98. The summed E-state index contributed by atoms with van der Waals surface area (Å²) in [7, 11) is 1.43. The van der Waals surface area contributed by atoms with Crippen molar-refractivity contribution < 1.29 is 19.0 Å². The third kappa shape index (κ3) is 5.47. The van der Waals surface area contributed by atoms with E-state index in [0.717, 1.165) is 39.1 Å². The van der Waals surface area contributed by atoms with Crippen LogP contribution in [0.1, 0.15) is 40.0 Å². The van der Waals surface area contributed by atoms with E-state index >= 15 is 0 Å². The Hall–Kier alpha value is -0.650. The van der Waals surface area contributed by atoms with E-state index in [-0.39, 0.29) is 18.1 Å². The Balaban J connectivity index is 2.25. The van der Waals surface area contributed by atoms with Crippen molar-refractivity contribution in [1.29, 1.82) is 0 Å². The number of esters is 1. The molecule has 1 heterocycles. The van der Waals surface area contributed by atoms with Crippen molar-refractivity contribution >= 4 is 5.97 Å². The largest absolute Gasteiger partial charge is 0.468 e. The average molecular weight is 273 g/mol. The molecular formula is C14H27NO4. The molecule has 19 heavy (non-hydrogen) atoms. The number of hydrogen-bond donors (Lipinski definition) is 1. The van der Waals surface area contributed by atoms with Gasteiger partial charge in [0.1, 0.15) is 11.6 Å². The Morgan fingerprint density at radius 1 is 1.42 bits per heavy atom. The number of methoxy groups -OCH3 is 1. The van der Waals surface area contributed by atoms with Crippen LogP contribution in [0.15, 0.2) is 0 Å². The summed E-state index contributed by atoms with van der Waals surface area (Å²) >= 11 is 0. The van der Waals surface area contributed by atoms with Crippen molar-refractivity contribution in [3.05, 3.63) is 0 Å². The van der Waals surface area contributed by atoms with Gasteiger partial charge in [0.15, 0.2) is 0 Å². The topological polar surface area (TPSA) is 56.8 Å². The molecular weight excluding hydrogens is 246 g/mol. The molecule has 1 fully saturated rings. The lowest BCUT2D eigenvalue weighted by Gasteiger charge is -2.30. The van der Waals surface area contributed by atoms with Crippen LogP contribution >= 0.6 is 0 Å². The van der Waals surface area contributed by atoms with Gasteiger partial charge in [-0.1, -0.05) is 0 Å². The average Bonchev–Trinajstić information content (AvgIpc) is 2.29. The van der Waals surface area contributed by atoms with Crippen molar-refractivity contribution in [3.8, 4) is 0 Å². The van der Waals surface area contributed by atoms with E-state index in [0.29, 0.717) is 0 Å². The van der Waals surface area contributed by atoms with Gasteiger partial charge >= 0.3 is 5.97 Å². The molecule has 1 aliphatic rings. The Bertz CT molecular complexity index is 279. The zero-order chi connectivity index (χ0) is 14.3. The van der Waals surface area contributed by atoms with Crippen LogP contribution in [0.25, 0.3) is 0 Å². The highest BCUT2D eigenvalue weighted by atomic mass is 16.6. The van der Waals surface area contributed by atoms with Gasteiger partial charge in [0.25, 0.3) is 0 Å². The Labute approximate surface area is 116 Å². The lowest BCUT2D eigenvalue weighted by molar-refractivity contribution is -0.148. The standard InChI is InChI=1S/C14H27NO4/c1-11(2)15-14(3,13(16)17-4)7-5-6-8-19-12-9-18-10-12/h11-12,15H,5-10H2,1-4H3. The van der Waals surface area contributed by atoms with Gasteiger partial charge in [-0.25, -0.2) is 0 Å². The Morgan fingerprint density at radius 2 is 2.11 bits per heavy atom. The highest BCUT2D eigenvalue weighted by Crippen LogP contribution is 2.17. The predicted molar refractivity (Wildman–Crippen MR) is 73.1 cm³/mol. The molecule has 0 aromatic heterocycles. The number of carbonyl (C=O) groups excluding carboxylic acids is 1. The number of hydrogen-bond acceptors (Lipinski definition) is 5. The van der Waals surface area contributed by atoms with Crippen LogP contribution in [0.5, 0.6) is 0 Å². The maximum absolute atomic E-state index is 11.9. The van der Waals surface area contributed by atoms with Crippen molar-refractivity contribution in [2.45, 2.75) is 57.7 Å². The van der Waals surface area contributed by atoms with Gasteiger partial charge in [-0.15, -0.1) is 0 Å². The van der Waals surface area contributed by atoms with Crippen LogP contribution in [0.3, 0.4) is 0 Å². The molecule has 1 rings (SSSR count). The molecule has 1 saturated heterocycles. The first kappa shape index (κ1) is 16.4. The first-order valence-corrected chi connectivity index (χ1v) is 7.03. The number of nitrogens with one attached hydrogen (secondary N) is 1. The maximum atomic E-state index is 11.9. The highest BCUT2D eigenvalue weighted by Gasteiger charge is 2.34. The van der Waals surface area contributed by atoms with Crippen LogP contribution in [0.4, 0.5) is 0 Å². The third-order valence-corrected chi connectivity index (χ3v) is 3.28. The zero-order valence-corrected chi connectivity index (χ0v) is 12.5. The van der Waals surface area contributed by atoms with Crippen molar-refractivity contribution in [2.24, 2.45) is 0 Å². The van der Waals surface area contributed by atoms with Crippen molar-refractivity contribution in [2.75, 3.05) is 26.9 Å². The highest BCUT2D eigenvalue weighted by molar-refractivity contribution is 5.80. The summed E-state index contributed by atoms with van der Waals surface area (Å²) in [5.74, 6) is -0.200. The SMILES string of the molecule is COC(=O)C(C)(CCCCOC1COC1)NC(C)C. The fourth-order valence-electron chi connectivity index (χ4n) is 2.24. The van der Waals surface area contributed by atoms with Gasteiger partial charge in [0.05, 0.1) is 20.3 Å². The third-order valence-electron chi connectivity index (χ3n) is 3.28. The normalized spacial score (nSPS) is 19.0. The molecule has 0 aromatic rings. The Kier molecular flexibility index (Phi) is 6.75. The van der Waals surface area contributed by atoms with Crippen LogP contribution in [0.2, 0.25) is 0 Å². The molecule has 0 saturated carbocycles. The summed E-state index contributed by atoms with van der Waals surface area (Å²) in [5.41, 5.74) is -0.609. The van der Waals surface area contributed by atoms with Gasteiger partial charge < -0.3 is 14.2 Å². The van der Waals surface area contributed by atoms with E-state index in [1.54, 1.807) is 0 Å². The second-order valence-corrected chi connectivity index (χ2v) is 5.61. The van der Waals surface area contributed by atoms with Gasteiger partial charge in [0, 0.05) is 12.6 Å². The first-order valence-electron chi connectivity index (χ1n) is 7.03. The van der Waals surface area contributed by atoms with Crippen LogP contribution < -0.4 is 5.32 Å². The quantitative estimate of drug-likeness (QED) is 0.509. The van der Waals surface area contributed by atoms with Gasteiger partial charge in [-0.2, -0.15) is 0 Å². The molecule has 1 unspecified atom stereocenters. The van der Waals surface area contributed by atoms with Crippen LogP contribution in [-0.2, 0) is 19.0 Å². The van der Waals surface area contributed by atoms with E-state index in [9.17, 15) is 4.79 Å². The maximum Gasteiger partial charge on any atom is 0.325 e. The molecule has 5 nitrogen and oxygen atoms in total. The van der Waals surface area contributed by atoms with Crippen LogP contribution in [0, 0.1) is 0 Å². The number of carbonyl (C=O) groups is 1. The second-order valence-electron chi connectivity index (χ2n) is 5.61. The van der Waals surface area contributed by atoms with E-state index in [4.69, 9.17) is 14.2 Å². The fraction of sp³-hybridized carbons (Fsp3) is 0.929. The molecule has 1 aliphatic heterocycles. The molecule has 0 aliphatic carbocycles. The van der Waals surface area contributed by atoms with E-state index in [1.165, 1.54) is 7.11 Å². The predicted octanol–water partition coefficient (Wildman–Crippen LogP) is 1.50. The van der Waals surface area contributed by atoms with Crippen LogP contribution in [-0.4, -0.2) is 50.6 Å². The van der Waals surface area contributed by atoms with E-state index in [2.05, 4.69) is 5.32 Å². The summed E-state index contributed by atoms with van der Waals surface area (Å²) in [6.45, 7) is 8.12. The minimum Gasteiger partial charge on any atom is -0.468 e. The van der Waals surface area contributed by atoms with Gasteiger partial charge in [0.2, 0.25) is 0 Å². The summed E-state index contributed by atoms with van der Waals surface area (Å²) in [4.78, 5) is 11.9. The monoisotopic (exact) mass is 273 g/mol. The lowest BCUT2D eigenvalue weighted by Crippen LogP contribution is -2.52. The minimum atomic E-state index is -0.609. The zero-order valence-electron chi connectivity index (χ0n) is 12.5. The summed E-state index contributed by atoms with van der Waals surface area (Å²) in [5, 5.41) is 3.29. The molecule has 0 amide bonds. The molecule has 1 N–H and O–H groups in total. The molecule has 5 heteroatoms. The summed E-state index contributed by atoms with van der Waals surface area (Å²) in [6.07, 6.45) is 2.91. The number of ether oxygens (including phenoxy) is 3. The van der Waals surface area contributed by atoms with E-state index in [1.807, 2.05) is 20.8 Å². The molecule has 0 aromatic carbocycles. The summed E-state index contributed by atoms with van der Waals surface area (Å²) in [6, 6.07) is 0.243. The molecule has 0 spiro atoms. The van der Waals surface area contributed by atoms with Crippen molar-refractivity contribution in [3.63, 3.8) is 0 Å². The van der Waals surface area contributed by atoms with Gasteiger partial charge in [-0.3, -0.25) is 10.1 Å². The molecule has 1 atom stereocenters. The minimum absolute atomic E-state index is 0.200. The lowest BCUT2D eigenvalue weighted by atomic mass is 9.94. The second kappa shape index (κ2) is 7.82. The molecule has 0 bridgehead atoms. The molecule has 0 radical (unpaired) electrons. The smallest absolute Gasteiger partial charge is 0.325 e. The van der Waals surface area contributed by atoms with Gasteiger partial charge in [-0.05, 0) is 40.0 Å². The number of rotatable bonds is 9. The van der Waals surface area contributed by atoms with E-state index < -0.39 is 5.54 Å². The summed E-state index contributed by atoms with van der Waals surface area (Å²) < 4.78 is 15.5. The Morgan fingerprint density at radius 3 is 2.58 bits per heavy atom.